The standard InChI is InChI=1S/C30H62/c1-6-11-16-20-24-29(25-21-17-12-7-2)30(26-15-10-5,27-22-18-13-8-3)28-23-19-14-9-4/h29H,6-28H2,1-5H3. The summed E-state index contributed by atoms with van der Waals surface area (Å²) < 4.78 is 0. The molecule has 0 rings (SSSR count). The van der Waals surface area contributed by atoms with Gasteiger partial charge in [0, 0.05) is 0 Å². The molecule has 0 aromatic rings. The monoisotopic (exact) mass is 422 g/mol. The van der Waals surface area contributed by atoms with Gasteiger partial charge in [0.2, 0.25) is 0 Å². The Morgan fingerprint density at radius 3 is 1.07 bits per heavy atom. The van der Waals surface area contributed by atoms with E-state index >= 15 is 0 Å². The van der Waals surface area contributed by atoms with E-state index in [1.54, 1.807) is 0 Å². The predicted molar refractivity (Wildman–Crippen MR) is 140 cm³/mol. The molecule has 0 heterocycles. The topological polar surface area (TPSA) is 0 Å². The van der Waals surface area contributed by atoms with Crippen molar-refractivity contribution in [2.75, 3.05) is 0 Å². The van der Waals surface area contributed by atoms with Crippen LogP contribution in [0, 0.1) is 11.3 Å². The van der Waals surface area contributed by atoms with E-state index in [0.717, 1.165) is 5.92 Å². The van der Waals surface area contributed by atoms with Crippen LogP contribution in [0.25, 0.3) is 0 Å². The highest BCUT2D eigenvalue weighted by Crippen LogP contribution is 2.48. The van der Waals surface area contributed by atoms with Gasteiger partial charge in [0.05, 0.1) is 0 Å². The predicted octanol–water partition coefficient (Wildman–Crippen LogP) is 11.7. The summed E-state index contributed by atoms with van der Waals surface area (Å²) >= 11 is 0. The molecule has 30 heavy (non-hydrogen) atoms. The zero-order valence-electron chi connectivity index (χ0n) is 22.3. The van der Waals surface area contributed by atoms with E-state index in [2.05, 4.69) is 34.6 Å². The number of hydrogen-bond donors (Lipinski definition) is 0. The Labute approximate surface area is 193 Å². The summed E-state index contributed by atoms with van der Waals surface area (Å²) in [6, 6.07) is 0. The first-order chi connectivity index (χ1) is 14.7. The minimum Gasteiger partial charge on any atom is -0.0654 e. The molecule has 0 spiro atoms. The lowest BCUT2D eigenvalue weighted by atomic mass is 9.62. The molecule has 0 atom stereocenters. The summed E-state index contributed by atoms with van der Waals surface area (Å²) in [7, 11) is 0. The molecule has 0 amide bonds. The van der Waals surface area contributed by atoms with Crippen molar-refractivity contribution in [2.24, 2.45) is 11.3 Å². The second-order valence-corrected chi connectivity index (χ2v) is 10.5. The lowest BCUT2D eigenvalue weighted by Gasteiger charge is -2.43. The molecule has 0 N–H and O–H groups in total. The molecule has 0 aromatic heterocycles. The van der Waals surface area contributed by atoms with Crippen molar-refractivity contribution in [3.05, 3.63) is 0 Å². The van der Waals surface area contributed by atoms with Gasteiger partial charge < -0.3 is 0 Å². The fraction of sp³-hybridized carbons (Fsp3) is 1.00. The van der Waals surface area contributed by atoms with Crippen molar-refractivity contribution < 1.29 is 0 Å². The van der Waals surface area contributed by atoms with Crippen LogP contribution in [0.4, 0.5) is 0 Å². The zero-order chi connectivity index (χ0) is 22.3. The SMILES string of the molecule is CCCCCCC(CCCCCC)C(CCCC)(CCCCCC)CCCCCC. The lowest BCUT2D eigenvalue weighted by Crippen LogP contribution is -2.31. The van der Waals surface area contributed by atoms with E-state index in [-0.39, 0.29) is 0 Å². The highest BCUT2D eigenvalue weighted by Gasteiger charge is 2.36. The van der Waals surface area contributed by atoms with Crippen LogP contribution in [0.1, 0.15) is 182 Å². The van der Waals surface area contributed by atoms with Gasteiger partial charge in [-0.15, -0.1) is 0 Å². The summed E-state index contributed by atoms with van der Waals surface area (Å²) in [4.78, 5) is 0. The fourth-order valence-electron chi connectivity index (χ4n) is 5.72. The largest absolute Gasteiger partial charge is 0.0654 e. The quantitative estimate of drug-likeness (QED) is 0.136. The van der Waals surface area contributed by atoms with Crippen LogP contribution >= 0.6 is 0 Å². The summed E-state index contributed by atoms with van der Waals surface area (Å²) in [5, 5.41) is 0. The van der Waals surface area contributed by atoms with Crippen LogP contribution in [0.5, 0.6) is 0 Å². The average molecular weight is 423 g/mol. The minimum absolute atomic E-state index is 0.663. The van der Waals surface area contributed by atoms with Gasteiger partial charge in [0.25, 0.3) is 0 Å². The highest BCUT2D eigenvalue weighted by atomic mass is 14.4. The third-order valence-electron chi connectivity index (χ3n) is 7.76. The average Bonchev–Trinajstić information content (AvgIpc) is 2.76. The van der Waals surface area contributed by atoms with Crippen LogP contribution in [0.15, 0.2) is 0 Å². The van der Waals surface area contributed by atoms with Gasteiger partial charge in [-0.2, -0.15) is 0 Å². The molecule has 0 heteroatoms. The van der Waals surface area contributed by atoms with Crippen LogP contribution in [0.3, 0.4) is 0 Å². The second-order valence-electron chi connectivity index (χ2n) is 10.5. The van der Waals surface area contributed by atoms with Gasteiger partial charge in [-0.1, -0.05) is 150 Å². The zero-order valence-corrected chi connectivity index (χ0v) is 22.3. The van der Waals surface area contributed by atoms with E-state index in [4.69, 9.17) is 0 Å². The van der Waals surface area contributed by atoms with Crippen LogP contribution < -0.4 is 0 Å². The molecular formula is C30H62. The Morgan fingerprint density at radius 2 is 0.700 bits per heavy atom. The Bertz CT molecular complexity index is 294. The molecule has 0 saturated heterocycles. The minimum atomic E-state index is 0.663. The van der Waals surface area contributed by atoms with Gasteiger partial charge in [0.1, 0.15) is 0 Å². The van der Waals surface area contributed by atoms with E-state index in [1.165, 1.54) is 148 Å². The van der Waals surface area contributed by atoms with Gasteiger partial charge in [-0.25, -0.2) is 0 Å². The van der Waals surface area contributed by atoms with Crippen molar-refractivity contribution in [3.8, 4) is 0 Å². The molecule has 0 aliphatic rings. The molecular weight excluding hydrogens is 360 g/mol. The molecule has 0 saturated carbocycles. The maximum Gasteiger partial charge on any atom is -0.0269 e. The molecule has 0 radical (unpaired) electrons. The normalized spacial score (nSPS) is 12.2. The highest BCUT2D eigenvalue weighted by molar-refractivity contribution is 4.87. The summed E-state index contributed by atoms with van der Waals surface area (Å²) in [6.07, 6.45) is 33.6. The number of unbranched alkanes of at least 4 members (excludes halogenated alkanes) is 13. The Kier molecular flexibility index (Phi) is 22.2. The van der Waals surface area contributed by atoms with Crippen LogP contribution in [-0.2, 0) is 0 Å². The van der Waals surface area contributed by atoms with Crippen molar-refractivity contribution >= 4 is 0 Å². The maximum atomic E-state index is 2.41. The first kappa shape index (κ1) is 30.0. The van der Waals surface area contributed by atoms with E-state index in [0.29, 0.717) is 5.41 Å². The number of rotatable bonds is 24. The van der Waals surface area contributed by atoms with Gasteiger partial charge in [-0.3, -0.25) is 0 Å². The molecule has 182 valence electrons. The molecule has 0 aliphatic carbocycles. The molecule has 0 nitrogen and oxygen atoms in total. The third-order valence-corrected chi connectivity index (χ3v) is 7.76. The Hall–Kier alpha value is 0. The first-order valence-corrected chi connectivity index (χ1v) is 14.7. The summed E-state index contributed by atoms with van der Waals surface area (Å²) in [5.74, 6) is 1.00. The maximum absolute atomic E-state index is 2.41. The number of hydrogen-bond acceptors (Lipinski definition) is 0. The molecule has 0 bridgehead atoms. The van der Waals surface area contributed by atoms with Crippen molar-refractivity contribution in [1.29, 1.82) is 0 Å². The van der Waals surface area contributed by atoms with Gasteiger partial charge in [-0.05, 0) is 43.4 Å². The van der Waals surface area contributed by atoms with E-state index < -0.39 is 0 Å². The van der Waals surface area contributed by atoms with Crippen molar-refractivity contribution in [1.82, 2.24) is 0 Å². The molecule has 0 fully saturated rings. The van der Waals surface area contributed by atoms with Crippen molar-refractivity contribution in [3.63, 3.8) is 0 Å². The van der Waals surface area contributed by atoms with Crippen LogP contribution in [-0.4, -0.2) is 0 Å². The van der Waals surface area contributed by atoms with Gasteiger partial charge >= 0.3 is 0 Å². The Balaban J connectivity index is 5.32. The third kappa shape index (κ3) is 14.9. The van der Waals surface area contributed by atoms with Crippen molar-refractivity contribution in [2.45, 2.75) is 182 Å². The van der Waals surface area contributed by atoms with E-state index in [1.807, 2.05) is 0 Å². The summed E-state index contributed by atoms with van der Waals surface area (Å²) in [5.41, 5.74) is 0.663. The van der Waals surface area contributed by atoms with Gasteiger partial charge in [0.15, 0.2) is 0 Å². The first-order valence-electron chi connectivity index (χ1n) is 14.7. The molecule has 0 aromatic carbocycles. The second kappa shape index (κ2) is 22.2. The molecule has 0 aliphatic heterocycles. The Morgan fingerprint density at radius 1 is 0.367 bits per heavy atom. The lowest BCUT2D eigenvalue weighted by molar-refractivity contribution is 0.0822. The summed E-state index contributed by atoms with van der Waals surface area (Å²) in [6.45, 7) is 11.8. The van der Waals surface area contributed by atoms with Crippen LogP contribution in [0.2, 0.25) is 0 Å². The fourth-order valence-corrected chi connectivity index (χ4v) is 5.72. The smallest absolute Gasteiger partial charge is 0.0269 e. The van der Waals surface area contributed by atoms with E-state index in [9.17, 15) is 0 Å². The molecule has 0 unspecified atom stereocenters.